The molecule has 0 spiro atoms. The van der Waals surface area contributed by atoms with Gasteiger partial charge in [0.1, 0.15) is 5.78 Å². The van der Waals surface area contributed by atoms with Gasteiger partial charge < -0.3 is 10.2 Å². The predicted molar refractivity (Wildman–Crippen MR) is 125 cm³/mol. The molecule has 0 aromatic rings. The lowest BCUT2D eigenvalue weighted by Gasteiger charge is -2.60. The molecule has 2 N–H and O–H groups in total. The molecule has 3 heteroatoms. The van der Waals surface area contributed by atoms with Crippen LogP contribution in [0.15, 0.2) is 0 Å². The van der Waals surface area contributed by atoms with Gasteiger partial charge in [-0.3, -0.25) is 4.79 Å². The van der Waals surface area contributed by atoms with E-state index in [1.807, 2.05) is 6.92 Å². The number of Topliss-reactive ketones (excluding diaryl/α,β-unsaturated/α-hetero) is 1. The van der Waals surface area contributed by atoms with E-state index in [2.05, 4.69) is 13.8 Å². The first-order valence-corrected chi connectivity index (χ1v) is 12.8. The summed E-state index contributed by atoms with van der Waals surface area (Å²) in [5.41, 5.74) is -0.0192. The van der Waals surface area contributed by atoms with Gasteiger partial charge in [0.15, 0.2) is 0 Å². The summed E-state index contributed by atoms with van der Waals surface area (Å²) < 4.78 is 46.7. The van der Waals surface area contributed by atoms with Crippen LogP contribution in [0.1, 0.15) is 107 Å². The third-order valence-corrected chi connectivity index (χ3v) is 10.9. The molecule has 4 rings (SSSR count). The van der Waals surface area contributed by atoms with E-state index in [1.165, 1.54) is 0 Å². The van der Waals surface area contributed by atoms with Crippen LogP contribution in [0.5, 0.6) is 0 Å². The van der Waals surface area contributed by atoms with E-state index < -0.39 is 31.6 Å². The van der Waals surface area contributed by atoms with Gasteiger partial charge in [-0.25, -0.2) is 0 Å². The normalized spacial score (nSPS) is 51.6. The number of aliphatic hydroxyl groups excluding tert-OH is 2. The average molecular weight is 439 g/mol. The van der Waals surface area contributed by atoms with Crippen LogP contribution >= 0.6 is 0 Å². The van der Waals surface area contributed by atoms with Crippen molar-refractivity contribution in [3.05, 3.63) is 0 Å². The van der Waals surface area contributed by atoms with Gasteiger partial charge in [0.25, 0.3) is 0 Å². The van der Waals surface area contributed by atoms with Crippen molar-refractivity contribution >= 4 is 5.78 Å². The largest absolute Gasteiger partial charge is 0.393 e. The van der Waals surface area contributed by atoms with E-state index >= 15 is 0 Å². The van der Waals surface area contributed by atoms with Crippen molar-refractivity contribution in [1.82, 2.24) is 0 Å². The molecule has 0 aliphatic heterocycles. The van der Waals surface area contributed by atoms with Crippen LogP contribution in [0.4, 0.5) is 0 Å². The highest BCUT2D eigenvalue weighted by Gasteiger charge is 2.62. The number of aliphatic hydroxyl groups is 2. The second-order valence-electron chi connectivity index (χ2n) is 12.4. The summed E-state index contributed by atoms with van der Waals surface area (Å²) >= 11 is 0. The van der Waals surface area contributed by atoms with Gasteiger partial charge in [-0.15, -0.1) is 0 Å². The lowest BCUT2D eigenvalue weighted by Crippen LogP contribution is -2.57. The lowest BCUT2D eigenvalue weighted by atomic mass is 9.44. The first kappa shape index (κ1) is 17.1. The molecule has 0 amide bonds. The van der Waals surface area contributed by atoms with Gasteiger partial charge in [0, 0.05) is 20.6 Å². The highest BCUT2D eigenvalue weighted by Crippen LogP contribution is 2.67. The van der Waals surface area contributed by atoms with E-state index in [-0.39, 0.29) is 41.1 Å². The van der Waals surface area contributed by atoms with Crippen molar-refractivity contribution in [2.45, 2.75) is 111 Å². The van der Waals surface area contributed by atoms with Gasteiger partial charge in [-0.05, 0) is 104 Å². The summed E-state index contributed by atoms with van der Waals surface area (Å²) in [5.74, 6) is -0.347. The van der Waals surface area contributed by atoms with E-state index in [1.54, 1.807) is 6.92 Å². The zero-order valence-corrected chi connectivity index (χ0v) is 19.9. The molecule has 0 saturated heterocycles. The van der Waals surface area contributed by atoms with Crippen LogP contribution in [-0.2, 0) is 4.79 Å². The van der Waals surface area contributed by atoms with Gasteiger partial charge in [0.05, 0.1) is 12.2 Å². The minimum atomic E-state index is -2.60. The molecule has 11 atom stereocenters. The maximum Gasteiger partial charge on any atom is 0.136 e. The van der Waals surface area contributed by atoms with Gasteiger partial charge in [-0.2, -0.15) is 0 Å². The molecule has 0 unspecified atom stereocenters. The molecule has 4 fully saturated rings. The molecule has 0 heterocycles. The summed E-state index contributed by atoms with van der Waals surface area (Å²) in [7, 11) is 0. The van der Waals surface area contributed by atoms with Crippen molar-refractivity contribution in [3.8, 4) is 0 Å². The van der Waals surface area contributed by atoms with E-state index in [0.717, 1.165) is 38.5 Å². The molecular formula is C28H48O3. The molecule has 4 aliphatic rings. The fraction of sp³-hybridized carbons (Fsp3) is 0.964. The topological polar surface area (TPSA) is 57.5 Å². The zero-order valence-electron chi connectivity index (χ0n) is 25.9. The summed E-state index contributed by atoms with van der Waals surface area (Å²) in [4.78, 5) is 13.4. The number of ketones is 1. The predicted octanol–water partition coefficient (Wildman–Crippen LogP) is 5.86. The molecule has 0 aromatic carbocycles. The Kier molecular flexibility index (Phi) is 4.64. The van der Waals surface area contributed by atoms with E-state index in [4.69, 9.17) is 8.22 Å². The second-order valence-corrected chi connectivity index (χ2v) is 12.4. The molecule has 4 saturated carbocycles. The summed E-state index contributed by atoms with van der Waals surface area (Å²) in [6.07, 6.45) is 6.10. The maximum absolute atomic E-state index is 13.4. The number of hydrogen-bond acceptors (Lipinski definition) is 3. The summed E-state index contributed by atoms with van der Waals surface area (Å²) in [6.45, 7) is 3.13. The molecule has 178 valence electrons. The van der Waals surface area contributed by atoms with Crippen molar-refractivity contribution in [3.63, 3.8) is 0 Å². The molecule has 3 nitrogen and oxygen atoms in total. The molecule has 4 aliphatic carbocycles. The molecule has 31 heavy (non-hydrogen) atoms. The summed E-state index contributed by atoms with van der Waals surface area (Å²) in [6, 6.07) is 0. The Morgan fingerprint density at radius 1 is 1.06 bits per heavy atom. The Bertz CT molecular complexity index is 844. The average Bonchev–Trinajstić information content (AvgIpc) is 3.09. The Hall–Kier alpha value is -0.410. The molecule has 0 bridgehead atoms. The number of hydrogen-bond donors (Lipinski definition) is 2. The summed E-state index contributed by atoms with van der Waals surface area (Å²) in [5, 5.41) is 21.5. The molecular weight excluding hydrogens is 384 g/mol. The number of carbonyl (C=O) groups is 1. The third kappa shape index (κ3) is 3.84. The van der Waals surface area contributed by atoms with Gasteiger partial charge >= 0.3 is 0 Å². The Balaban J connectivity index is 1.49. The quantitative estimate of drug-likeness (QED) is 0.565. The minimum absolute atomic E-state index is 0.00984. The Morgan fingerprint density at radius 2 is 1.74 bits per heavy atom. The lowest BCUT2D eigenvalue weighted by molar-refractivity contribution is -0.160. The fourth-order valence-corrected chi connectivity index (χ4v) is 8.92. The van der Waals surface area contributed by atoms with Crippen molar-refractivity contribution in [2.75, 3.05) is 0 Å². The van der Waals surface area contributed by atoms with E-state index in [9.17, 15) is 15.0 Å². The van der Waals surface area contributed by atoms with Gasteiger partial charge in [0.2, 0.25) is 0 Å². The fourth-order valence-electron chi connectivity index (χ4n) is 8.92. The van der Waals surface area contributed by atoms with Crippen LogP contribution in [0.25, 0.3) is 0 Å². The van der Waals surface area contributed by atoms with Gasteiger partial charge in [-0.1, -0.05) is 41.4 Å². The minimum Gasteiger partial charge on any atom is -0.393 e. The number of rotatable bonds is 5. The standard InChI is InChI=1S/C28H48O3/c1-16(2)17(3)13-25(30)18(4)21-7-8-22-20-15-26(31)24-14-19(29)9-11-28(24,6)23(20)10-12-27(21,22)5/h16-25,29-30H,7-15H2,1-6H3/t17-,18-,19-,20-,21+,22-,23-,24+,25-,27+,28+/m0/s1/i1D3,2D3. The third-order valence-electron chi connectivity index (χ3n) is 10.9. The monoisotopic (exact) mass is 438 g/mol. The Morgan fingerprint density at radius 3 is 2.45 bits per heavy atom. The first-order chi connectivity index (χ1) is 16.9. The van der Waals surface area contributed by atoms with Crippen LogP contribution in [-0.4, -0.2) is 28.2 Å². The van der Waals surface area contributed by atoms with Crippen molar-refractivity contribution in [2.24, 2.45) is 58.2 Å². The van der Waals surface area contributed by atoms with Crippen LogP contribution in [0, 0.1) is 58.2 Å². The van der Waals surface area contributed by atoms with Crippen molar-refractivity contribution in [1.29, 1.82) is 0 Å². The van der Waals surface area contributed by atoms with Crippen LogP contribution in [0.2, 0.25) is 0 Å². The first-order valence-electron chi connectivity index (χ1n) is 15.8. The SMILES string of the molecule is [2H]C([2H])([2H])C([C@@H](C)C[C@H](O)[C@@H](C)[C@H]1CC[C@H]2[C@@H]3CC(=O)[C@H]4C[C@@H](O)CC[C@]4(C)[C@H]3CC[C@]12C)C([2H])([2H])[2H]. The van der Waals surface area contributed by atoms with Crippen molar-refractivity contribution < 1.29 is 23.2 Å². The highest BCUT2D eigenvalue weighted by molar-refractivity contribution is 5.83. The van der Waals surface area contributed by atoms with Crippen LogP contribution in [0.3, 0.4) is 0 Å². The zero-order chi connectivity index (χ0) is 27.7. The smallest absolute Gasteiger partial charge is 0.136 e. The second kappa shape index (κ2) is 8.42. The maximum atomic E-state index is 13.4. The number of fused-ring (bicyclic) bond motifs is 5. The Labute approximate surface area is 199 Å². The molecule has 0 aromatic heterocycles. The number of carbonyl (C=O) groups excluding carboxylic acids is 1. The van der Waals surface area contributed by atoms with Crippen LogP contribution < -0.4 is 0 Å². The molecule has 0 radical (unpaired) electrons. The van der Waals surface area contributed by atoms with E-state index in [0.29, 0.717) is 36.4 Å². The highest BCUT2D eigenvalue weighted by atomic mass is 16.3.